The molecule has 2 amide bonds. The third-order valence-electron chi connectivity index (χ3n) is 4.83. The maximum Gasteiger partial charge on any atom is 0.338 e. The minimum absolute atomic E-state index is 0.00417. The number of nitriles is 1. The molecule has 0 unspecified atom stereocenters. The van der Waals surface area contributed by atoms with E-state index in [0.717, 1.165) is 52.8 Å². The number of hydrogen-bond acceptors (Lipinski definition) is 7. The first-order valence-corrected chi connectivity index (χ1v) is 10.5. The zero-order chi connectivity index (χ0) is 19.8. The van der Waals surface area contributed by atoms with Crippen LogP contribution in [0, 0.1) is 11.3 Å². The van der Waals surface area contributed by atoms with Gasteiger partial charge in [0.25, 0.3) is 0 Å². The SMILES string of the molecule is N#Cc1c(N2C(=O)C[C@@H](Sc3ncccc3C(=O)O)C2=O)sc2c1CCCC2. The summed E-state index contributed by atoms with van der Waals surface area (Å²) in [5.74, 6) is -1.93. The molecule has 2 aromatic rings. The Hall–Kier alpha value is -2.70. The topological polar surface area (TPSA) is 111 Å². The molecule has 0 aromatic carbocycles. The van der Waals surface area contributed by atoms with Gasteiger partial charge in [-0.3, -0.25) is 9.59 Å². The predicted octanol–water partition coefficient (Wildman–Crippen LogP) is 3.02. The summed E-state index contributed by atoms with van der Waals surface area (Å²) < 4.78 is 0. The number of imide groups is 1. The molecule has 9 heteroatoms. The lowest BCUT2D eigenvalue weighted by atomic mass is 9.96. The number of amides is 2. The van der Waals surface area contributed by atoms with E-state index in [9.17, 15) is 24.8 Å². The second kappa shape index (κ2) is 7.37. The van der Waals surface area contributed by atoms with Gasteiger partial charge in [-0.15, -0.1) is 11.3 Å². The van der Waals surface area contributed by atoms with Crippen molar-refractivity contribution in [3.8, 4) is 6.07 Å². The summed E-state index contributed by atoms with van der Waals surface area (Å²) in [7, 11) is 0. The molecule has 3 heterocycles. The standard InChI is InChI=1S/C19H15N3O4S2/c20-9-12-10-4-1-2-6-13(10)28-18(12)22-15(23)8-14(17(22)24)27-16-11(19(25)26)5-3-7-21-16/h3,5,7,14H,1-2,4,6,8H2,(H,25,26)/t14-/m1/s1. The van der Waals surface area contributed by atoms with Crippen LogP contribution in [0.5, 0.6) is 0 Å². The Morgan fingerprint density at radius 1 is 1.36 bits per heavy atom. The monoisotopic (exact) mass is 413 g/mol. The maximum atomic E-state index is 13.0. The number of pyridine rings is 1. The number of thioether (sulfide) groups is 1. The lowest BCUT2D eigenvalue weighted by molar-refractivity contribution is -0.121. The van der Waals surface area contributed by atoms with Gasteiger partial charge in [-0.2, -0.15) is 5.26 Å². The molecule has 1 aliphatic heterocycles. The van der Waals surface area contributed by atoms with E-state index in [1.165, 1.54) is 29.7 Å². The predicted molar refractivity (Wildman–Crippen MR) is 104 cm³/mol. The molecule has 4 rings (SSSR count). The minimum Gasteiger partial charge on any atom is -0.478 e. The lowest BCUT2D eigenvalue weighted by Gasteiger charge is -2.14. The Bertz CT molecular complexity index is 1040. The van der Waals surface area contributed by atoms with Crippen molar-refractivity contribution in [2.75, 3.05) is 4.90 Å². The fraction of sp³-hybridized carbons (Fsp3) is 0.316. The largest absolute Gasteiger partial charge is 0.478 e. The van der Waals surface area contributed by atoms with Gasteiger partial charge in [0.15, 0.2) is 0 Å². The van der Waals surface area contributed by atoms with Crippen LogP contribution in [0.1, 0.15) is 45.6 Å². The fourth-order valence-corrected chi connectivity index (χ4v) is 5.98. The van der Waals surface area contributed by atoms with Crippen molar-refractivity contribution in [3.05, 3.63) is 39.9 Å². The summed E-state index contributed by atoms with van der Waals surface area (Å²) in [6, 6.07) is 5.10. The second-order valence-electron chi connectivity index (χ2n) is 6.54. The van der Waals surface area contributed by atoms with Gasteiger partial charge in [0.05, 0.1) is 16.4 Å². The molecule has 142 valence electrons. The smallest absolute Gasteiger partial charge is 0.338 e. The summed E-state index contributed by atoms with van der Waals surface area (Å²) >= 11 is 2.33. The van der Waals surface area contributed by atoms with Crippen LogP contribution in [-0.4, -0.2) is 33.1 Å². The Morgan fingerprint density at radius 2 is 2.14 bits per heavy atom. The minimum atomic E-state index is -1.14. The van der Waals surface area contributed by atoms with Crippen LogP contribution in [0.3, 0.4) is 0 Å². The number of thiophene rings is 1. The highest BCUT2D eigenvalue weighted by atomic mass is 32.2. The summed E-state index contributed by atoms with van der Waals surface area (Å²) in [5, 5.41) is 18.8. The van der Waals surface area contributed by atoms with Crippen molar-refractivity contribution < 1.29 is 19.5 Å². The molecular weight excluding hydrogens is 398 g/mol. The Kier molecular flexibility index (Phi) is 4.91. The molecule has 1 fully saturated rings. The number of aromatic carboxylic acids is 1. The van der Waals surface area contributed by atoms with Crippen molar-refractivity contribution in [2.45, 2.75) is 42.4 Å². The molecule has 0 spiro atoms. The van der Waals surface area contributed by atoms with Crippen LogP contribution >= 0.6 is 23.1 Å². The molecule has 7 nitrogen and oxygen atoms in total. The van der Waals surface area contributed by atoms with E-state index >= 15 is 0 Å². The number of carboxylic acids is 1. The van der Waals surface area contributed by atoms with Gasteiger partial charge in [-0.05, 0) is 43.4 Å². The van der Waals surface area contributed by atoms with E-state index in [-0.39, 0.29) is 22.9 Å². The zero-order valence-electron chi connectivity index (χ0n) is 14.7. The number of aryl methyl sites for hydroxylation is 1. The molecule has 2 aliphatic rings. The van der Waals surface area contributed by atoms with Gasteiger partial charge < -0.3 is 5.11 Å². The molecule has 1 N–H and O–H groups in total. The third kappa shape index (κ3) is 3.08. The molecule has 0 radical (unpaired) electrons. The van der Waals surface area contributed by atoms with Crippen molar-refractivity contribution in [2.24, 2.45) is 0 Å². The molecule has 1 aliphatic carbocycles. The molecule has 0 bridgehead atoms. The van der Waals surface area contributed by atoms with E-state index in [1.54, 1.807) is 0 Å². The van der Waals surface area contributed by atoms with Crippen LogP contribution in [-0.2, 0) is 22.4 Å². The van der Waals surface area contributed by atoms with Crippen molar-refractivity contribution in [1.82, 2.24) is 4.98 Å². The van der Waals surface area contributed by atoms with Crippen LogP contribution in [0.25, 0.3) is 0 Å². The van der Waals surface area contributed by atoms with E-state index in [0.29, 0.717) is 10.6 Å². The van der Waals surface area contributed by atoms with Crippen LogP contribution in [0.15, 0.2) is 23.4 Å². The van der Waals surface area contributed by atoms with E-state index in [4.69, 9.17) is 0 Å². The third-order valence-corrected chi connectivity index (χ3v) is 7.31. The van der Waals surface area contributed by atoms with E-state index in [2.05, 4.69) is 11.1 Å². The van der Waals surface area contributed by atoms with Crippen molar-refractivity contribution in [1.29, 1.82) is 5.26 Å². The van der Waals surface area contributed by atoms with E-state index < -0.39 is 17.1 Å². The highest BCUT2D eigenvalue weighted by molar-refractivity contribution is 8.00. The fourth-order valence-electron chi connectivity index (χ4n) is 3.52. The average molecular weight is 413 g/mol. The number of carbonyl (C=O) groups is 3. The van der Waals surface area contributed by atoms with Gasteiger partial charge in [0.2, 0.25) is 11.8 Å². The first kappa shape index (κ1) is 18.7. The van der Waals surface area contributed by atoms with Crippen molar-refractivity contribution in [3.63, 3.8) is 0 Å². The molecule has 0 saturated carbocycles. The number of fused-ring (bicyclic) bond motifs is 1. The molecule has 1 saturated heterocycles. The summed E-state index contributed by atoms with van der Waals surface area (Å²) in [6.07, 6.45) is 5.09. The normalized spacial score (nSPS) is 18.8. The zero-order valence-corrected chi connectivity index (χ0v) is 16.3. The second-order valence-corrected chi connectivity index (χ2v) is 8.82. The maximum absolute atomic E-state index is 13.0. The highest BCUT2D eigenvalue weighted by Crippen LogP contribution is 2.43. The number of carbonyl (C=O) groups excluding carboxylic acids is 2. The molecule has 28 heavy (non-hydrogen) atoms. The number of aromatic nitrogens is 1. The van der Waals surface area contributed by atoms with Gasteiger partial charge in [-0.1, -0.05) is 11.8 Å². The average Bonchev–Trinajstić information content (AvgIpc) is 3.18. The van der Waals surface area contributed by atoms with Gasteiger partial charge in [0.1, 0.15) is 16.1 Å². The summed E-state index contributed by atoms with van der Waals surface area (Å²) in [4.78, 5) is 43.2. The Balaban J connectivity index is 1.65. The number of nitrogens with zero attached hydrogens (tertiary/aromatic N) is 3. The van der Waals surface area contributed by atoms with Crippen molar-refractivity contribution >= 4 is 45.9 Å². The first-order valence-electron chi connectivity index (χ1n) is 8.77. The van der Waals surface area contributed by atoms with Crippen LogP contribution in [0.2, 0.25) is 0 Å². The number of carboxylic acid groups (broad SMARTS) is 1. The molecule has 2 aromatic heterocycles. The molecular formula is C19H15N3O4S2. The van der Waals surface area contributed by atoms with Gasteiger partial charge >= 0.3 is 5.97 Å². The van der Waals surface area contributed by atoms with Crippen LogP contribution < -0.4 is 4.90 Å². The van der Waals surface area contributed by atoms with Crippen LogP contribution in [0.4, 0.5) is 5.00 Å². The summed E-state index contributed by atoms with van der Waals surface area (Å²) in [6.45, 7) is 0. The van der Waals surface area contributed by atoms with Gasteiger partial charge in [0, 0.05) is 17.5 Å². The number of hydrogen-bond donors (Lipinski definition) is 1. The number of rotatable bonds is 4. The first-order chi connectivity index (χ1) is 13.5. The van der Waals surface area contributed by atoms with Gasteiger partial charge in [-0.25, -0.2) is 14.7 Å². The molecule has 1 atom stereocenters. The quantitative estimate of drug-likeness (QED) is 0.767. The highest BCUT2D eigenvalue weighted by Gasteiger charge is 2.43. The lowest BCUT2D eigenvalue weighted by Crippen LogP contribution is -2.31. The summed E-state index contributed by atoms with van der Waals surface area (Å²) in [5.41, 5.74) is 1.38. The Morgan fingerprint density at radius 3 is 2.89 bits per heavy atom. The van der Waals surface area contributed by atoms with E-state index in [1.807, 2.05) is 0 Å². The number of anilines is 1. The Labute approximate surface area is 169 Å².